The monoisotopic (exact) mass is 332 g/mol. The molecule has 0 unspecified atom stereocenters. The average molecular weight is 333 g/mol. The van der Waals surface area contributed by atoms with E-state index in [1.165, 1.54) is 5.56 Å². The van der Waals surface area contributed by atoms with Crippen LogP contribution in [0, 0.1) is 0 Å². The third kappa shape index (κ3) is 2.53. The lowest BCUT2D eigenvalue weighted by atomic mass is 9.97. The van der Waals surface area contributed by atoms with Crippen LogP contribution in [0.4, 0.5) is 0 Å². The van der Waals surface area contributed by atoms with Crippen LogP contribution in [-0.4, -0.2) is 9.97 Å². The number of hydrogen-bond acceptors (Lipinski definition) is 2. The summed E-state index contributed by atoms with van der Waals surface area (Å²) >= 11 is 6.29. The Labute approximate surface area is 146 Å². The first-order chi connectivity index (χ1) is 11.6. The number of benzene rings is 2. The minimum Gasteiger partial charge on any atom is -0.245 e. The van der Waals surface area contributed by atoms with E-state index in [9.17, 15) is 0 Å². The summed E-state index contributed by atoms with van der Waals surface area (Å²) in [6.07, 6.45) is 0. The molecule has 0 fully saturated rings. The Morgan fingerprint density at radius 1 is 0.833 bits per heavy atom. The fraction of sp³-hybridized carbons (Fsp3) is 0.143. The first kappa shape index (κ1) is 15.1. The van der Waals surface area contributed by atoms with Crippen LogP contribution in [0.25, 0.3) is 33.1 Å². The van der Waals surface area contributed by atoms with E-state index in [0.717, 1.165) is 33.1 Å². The van der Waals surface area contributed by atoms with Crippen LogP contribution in [0.3, 0.4) is 0 Å². The highest BCUT2D eigenvalue weighted by molar-refractivity contribution is 6.30. The Kier molecular flexibility index (Phi) is 3.70. The summed E-state index contributed by atoms with van der Waals surface area (Å²) in [4.78, 5) is 9.48. The number of nitrogens with zero attached hydrogens (tertiary/aromatic N) is 2. The van der Waals surface area contributed by atoms with E-state index in [-0.39, 0.29) is 0 Å². The van der Waals surface area contributed by atoms with Gasteiger partial charge in [-0.25, -0.2) is 9.97 Å². The number of halogens is 1. The third-order valence-electron chi connectivity index (χ3n) is 4.33. The molecule has 0 aliphatic carbocycles. The smallest absolute Gasteiger partial charge is 0.130 e. The quantitative estimate of drug-likeness (QED) is 0.321. The highest BCUT2D eigenvalue weighted by Crippen LogP contribution is 2.32. The van der Waals surface area contributed by atoms with Crippen molar-refractivity contribution < 1.29 is 0 Å². The van der Waals surface area contributed by atoms with Crippen molar-refractivity contribution in [1.82, 2.24) is 9.97 Å². The number of hydrogen-bond donors (Lipinski definition) is 0. The van der Waals surface area contributed by atoms with Gasteiger partial charge in [0.25, 0.3) is 0 Å². The Balaban J connectivity index is 2.06. The normalized spacial score (nSPS) is 11.5. The van der Waals surface area contributed by atoms with Gasteiger partial charge in [-0.2, -0.15) is 0 Å². The number of fused-ring (bicyclic) bond motifs is 3. The molecule has 0 radical (unpaired) electrons. The van der Waals surface area contributed by atoms with E-state index < -0.39 is 0 Å². The van der Waals surface area contributed by atoms with E-state index in [1.807, 2.05) is 24.3 Å². The molecule has 3 heteroatoms. The van der Waals surface area contributed by atoms with Gasteiger partial charge in [0.2, 0.25) is 0 Å². The van der Waals surface area contributed by atoms with E-state index in [1.54, 1.807) is 0 Å². The zero-order chi connectivity index (χ0) is 16.7. The van der Waals surface area contributed by atoms with Crippen molar-refractivity contribution in [3.05, 3.63) is 71.4 Å². The Hall–Kier alpha value is -2.45. The minimum atomic E-state index is 0.378. The largest absolute Gasteiger partial charge is 0.245 e. The maximum absolute atomic E-state index is 6.29. The summed E-state index contributed by atoms with van der Waals surface area (Å²) in [7, 11) is 0. The molecule has 2 aromatic heterocycles. The van der Waals surface area contributed by atoms with Crippen LogP contribution in [-0.2, 0) is 0 Å². The van der Waals surface area contributed by atoms with E-state index in [2.05, 4.69) is 55.2 Å². The molecule has 0 bridgehead atoms. The lowest BCUT2D eigenvalue weighted by Gasteiger charge is -2.12. The number of pyridine rings is 2. The van der Waals surface area contributed by atoms with Gasteiger partial charge >= 0.3 is 0 Å². The molecule has 0 saturated carbocycles. The lowest BCUT2D eigenvalue weighted by molar-refractivity contribution is 0.874. The van der Waals surface area contributed by atoms with Crippen molar-refractivity contribution in [3.63, 3.8) is 0 Å². The van der Waals surface area contributed by atoms with Gasteiger partial charge in [0.1, 0.15) is 5.15 Å². The van der Waals surface area contributed by atoms with Crippen molar-refractivity contribution in [3.8, 4) is 11.3 Å². The summed E-state index contributed by atoms with van der Waals surface area (Å²) in [5.41, 5.74) is 5.03. The van der Waals surface area contributed by atoms with Crippen molar-refractivity contribution in [2.24, 2.45) is 0 Å². The molecule has 118 valence electrons. The molecule has 0 aliphatic heterocycles. The van der Waals surface area contributed by atoms with E-state index in [0.29, 0.717) is 11.1 Å². The molecule has 2 nitrogen and oxygen atoms in total. The zero-order valence-corrected chi connectivity index (χ0v) is 14.4. The molecule has 0 amide bonds. The topological polar surface area (TPSA) is 25.8 Å². The Bertz CT molecular complexity index is 1040. The SMILES string of the molecule is CC(C)c1cc(Cl)nc2c1ccc1ccc(-c3ccccc3)nc12. The standard InChI is InChI=1S/C21H17ClN2/c1-13(2)17-12-19(22)24-21-16(17)10-8-15-9-11-18(23-20(15)21)14-6-4-3-5-7-14/h3-13H,1-2H3. The van der Waals surface area contributed by atoms with Gasteiger partial charge in [0, 0.05) is 16.3 Å². The van der Waals surface area contributed by atoms with Crippen molar-refractivity contribution in [2.45, 2.75) is 19.8 Å². The summed E-state index contributed by atoms with van der Waals surface area (Å²) in [6, 6.07) is 20.5. The molecule has 4 aromatic rings. The molecular weight excluding hydrogens is 316 g/mol. The van der Waals surface area contributed by atoms with Gasteiger partial charge in [0.15, 0.2) is 0 Å². The molecule has 24 heavy (non-hydrogen) atoms. The molecule has 0 spiro atoms. The van der Waals surface area contributed by atoms with Crippen molar-refractivity contribution in [2.75, 3.05) is 0 Å². The van der Waals surface area contributed by atoms with Gasteiger partial charge in [0.05, 0.1) is 16.7 Å². The van der Waals surface area contributed by atoms with Crippen LogP contribution in [0.15, 0.2) is 60.7 Å². The van der Waals surface area contributed by atoms with E-state index in [4.69, 9.17) is 16.6 Å². The summed E-state index contributed by atoms with van der Waals surface area (Å²) < 4.78 is 0. The minimum absolute atomic E-state index is 0.378. The number of rotatable bonds is 2. The summed E-state index contributed by atoms with van der Waals surface area (Å²) in [5, 5.41) is 2.72. The fourth-order valence-corrected chi connectivity index (χ4v) is 3.31. The van der Waals surface area contributed by atoms with Crippen LogP contribution in [0.1, 0.15) is 25.3 Å². The van der Waals surface area contributed by atoms with Gasteiger partial charge in [-0.15, -0.1) is 0 Å². The highest BCUT2D eigenvalue weighted by Gasteiger charge is 2.12. The van der Waals surface area contributed by atoms with E-state index >= 15 is 0 Å². The molecule has 0 atom stereocenters. The van der Waals surface area contributed by atoms with Gasteiger partial charge in [-0.1, -0.05) is 74.0 Å². The van der Waals surface area contributed by atoms with Crippen LogP contribution >= 0.6 is 11.6 Å². The summed E-state index contributed by atoms with van der Waals surface area (Å²) in [5.74, 6) is 0.378. The van der Waals surface area contributed by atoms with Gasteiger partial charge in [-0.05, 0) is 23.6 Å². The lowest BCUT2D eigenvalue weighted by Crippen LogP contribution is -1.95. The molecule has 4 rings (SSSR count). The highest BCUT2D eigenvalue weighted by atomic mass is 35.5. The fourth-order valence-electron chi connectivity index (χ4n) is 3.11. The molecule has 2 aromatic carbocycles. The predicted octanol–water partition coefficient (Wildman–Crippen LogP) is 6.23. The second kappa shape index (κ2) is 5.88. The Morgan fingerprint density at radius 2 is 1.58 bits per heavy atom. The second-order valence-corrected chi connectivity index (χ2v) is 6.67. The van der Waals surface area contributed by atoms with Crippen molar-refractivity contribution in [1.29, 1.82) is 0 Å². The number of aromatic nitrogens is 2. The first-order valence-electron chi connectivity index (χ1n) is 8.09. The molecule has 2 heterocycles. The van der Waals surface area contributed by atoms with Crippen LogP contribution < -0.4 is 0 Å². The molecule has 0 saturated heterocycles. The summed E-state index contributed by atoms with van der Waals surface area (Å²) in [6.45, 7) is 4.34. The van der Waals surface area contributed by atoms with Gasteiger partial charge < -0.3 is 0 Å². The maximum Gasteiger partial charge on any atom is 0.130 e. The Morgan fingerprint density at radius 3 is 2.33 bits per heavy atom. The molecule has 0 N–H and O–H groups in total. The van der Waals surface area contributed by atoms with Gasteiger partial charge in [-0.3, -0.25) is 0 Å². The third-order valence-corrected chi connectivity index (χ3v) is 4.52. The zero-order valence-electron chi connectivity index (χ0n) is 13.6. The average Bonchev–Trinajstić information content (AvgIpc) is 2.61. The predicted molar refractivity (Wildman–Crippen MR) is 102 cm³/mol. The van der Waals surface area contributed by atoms with Crippen LogP contribution in [0.5, 0.6) is 0 Å². The maximum atomic E-state index is 6.29. The van der Waals surface area contributed by atoms with Crippen LogP contribution in [0.2, 0.25) is 5.15 Å². The van der Waals surface area contributed by atoms with Crippen molar-refractivity contribution >= 4 is 33.4 Å². The molecule has 0 aliphatic rings. The second-order valence-electron chi connectivity index (χ2n) is 6.28. The molecular formula is C21H17ClN2. The first-order valence-corrected chi connectivity index (χ1v) is 8.46.